The number of nitrogens with zero attached hydrogens (tertiary/aromatic N) is 1. The number of carbonyl (C=O) groups is 2. The van der Waals surface area contributed by atoms with Crippen LogP contribution >= 0.6 is 0 Å². The number of aryl methyl sites for hydroxylation is 1. The second-order valence-corrected chi connectivity index (χ2v) is 6.84. The number of alkyl halides is 3. The van der Waals surface area contributed by atoms with Crippen LogP contribution in [0.15, 0.2) is 48.5 Å². The van der Waals surface area contributed by atoms with Gasteiger partial charge in [0, 0.05) is 24.2 Å². The maximum atomic E-state index is 12.7. The van der Waals surface area contributed by atoms with Crippen LogP contribution in [0.3, 0.4) is 0 Å². The monoisotopic (exact) mass is 400 g/mol. The first kappa shape index (κ1) is 20.5. The van der Waals surface area contributed by atoms with Crippen molar-refractivity contribution in [1.82, 2.24) is 5.32 Å². The van der Waals surface area contributed by atoms with Crippen LogP contribution in [0.5, 0.6) is 0 Å². The number of hydrogen-bond acceptors (Lipinski definition) is 2. The Kier molecular flexibility index (Phi) is 5.92. The second kappa shape index (κ2) is 8.39. The first-order valence-electron chi connectivity index (χ1n) is 9.05. The summed E-state index contributed by atoms with van der Waals surface area (Å²) >= 11 is 0. The van der Waals surface area contributed by atoms with E-state index in [1.54, 1.807) is 4.90 Å². The number of nitrogens with one attached hydrogen (secondary N) is 1. The first-order chi connectivity index (χ1) is 13.7. The molecule has 1 aliphatic heterocycles. The van der Waals surface area contributed by atoms with Crippen molar-refractivity contribution in [1.29, 1.82) is 0 Å². The summed E-state index contributed by atoms with van der Waals surface area (Å²) < 4.78 is 38.1. The van der Waals surface area contributed by atoms with E-state index in [9.17, 15) is 22.8 Å². The van der Waals surface area contributed by atoms with Gasteiger partial charge >= 0.3 is 6.18 Å². The lowest BCUT2D eigenvalue weighted by atomic mass is 10.1. The first-order valence-corrected chi connectivity index (χ1v) is 9.05. The minimum atomic E-state index is -4.43. The van der Waals surface area contributed by atoms with Crippen molar-refractivity contribution in [2.75, 3.05) is 18.0 Å². The van der Waals surface area contributed by atoms with E-state index in [-0.39, 0.29) is 36.9 Å². The Morgan fingerprint density at radius 3 is 2.62 bits per heavy atom. The number of anilines is 1. The Labute approximate surface area is 166 Å². The molecule has 3 rings (SSSR count). The summed E-state index contributed by atoms with van der Waals surface area (Å²) in [6.07, 6.45) is -4.31. The van der Waals surface area contributed by atoms with E-state index in [0.717, 1.165) is 23.4 Å². The molecule has 1 atom stereocenters. The van der Waals surface area contributed by atoms with Crippen LogP contribution < -0.4 is 10.2 Å². The predicted octanol–water partition coefficient (Wildman–Crippen LogP) is 3.53. The van der Waals surface area contributed by atoms with Crippen LogP contribution in [0.2, 0.25) is 0 Å². The van der Waals surface area contributed by atoms with Crippen molar-refractivity contribution >= 4 is 17.5 Å². The van der Waals surface area contributed by atoms with E-state index in [1.165, 1.54) is 12.1 Å². The summed E-state index contributed by atoms with van der Waals surface area (Å²) in [6.45, 7) is 2.23. The largest absolute Gasteiger partial charge is 0.416 e. The zero-order valence-corrected chi connectivity index (χ0v) is 15.7. The van der Waals surface area contributed by atoms with Gasteiger partial charge in [-0.1, -0.05) is 35.6 Å². The summed E-state index contributed by atoms with van der Waals surface area (Å²) in [4.78, 5) is 26.1. The summed E-state index contributed by atoms with van der Waals surface area (Å²) in [5.41, 5.74) is 1.28. The van der Waals surface area contributed by atoms with Gasteiger partial charge in [0.05, 0.1) is 18.0 Å². The minimum absolute atomic E-state index is 0.00962. The number of carbonyl (C=O) groups excluding carboxylic acids is 2. The molecule has 4 nitrogen and oxygen atoms in total. The number of hydrogen-bond donors (Lipinski definition) is 1. The van der Waals surface area contributed by atoms with Crippen molar-refractivity contribution < 1.29 is 22.8 Å². The van der Waals surface area contributed by atoms with E-state index in [2.05, 4.69) is 17.2 Å². The molecule has 7 heteroatoms. The highest BCUT2D eigenvalue weighted by molar-refractivity contribution is 6.00. The fraction of sp³-hybridized carbons (Fsp3) is 0.273. The standard InChI is InChI=1S/C22H19F3N2O2/c1-15-7-9-19(10-8-15)27-14-17(13-20(27)28)21(29)26-11-3-5-16-4-2-6-18(12-16)22(23,24)25/h2,4,6-10,12,17H,11,13-14H2,1H3,(H,26,29). The molecular formula is C22H19F3N2O2. The smallest absolute Gasteiger partial charge is 0.345 e. The van der Waals surface area contributed by atoms with Gasteiger partial charge < -0.3 is 10.2 Å². The molecule has 2 aromatic carbocycles. The molecule has 0 aliphatic carbocycles. The van der Waals surface area contributed by atoms with Gasteiger partial charge in [-0.15, -0.1) is 0 Å². The van der Waals surface area contributed by atoms with E-state index >= 15 is 0 Å². The predicted molar refractivity (Wildman–Crippen MR) is 103 cm³/mol. The van der Waals surface area contributed by atoms with Crippen LogP contribution in [0, 0.1) is 24.7 Å². The Hall–Kier alpha value is -3.27. The third-order valence-electron chi connectivity index (χ3n) is 4.62. The van der Waals surface area contributed by atoms with Crippen LogP contribution in [0.4, 0.5) is 18.9 Å². The van der Waals surface area contributed by atoms with Gasteiger partial charge in [-0.3, -0.25) is 9.59 Å². The SMILES string of the molecule is Cc1ccc(N2CC(C(=O)NCC#Cc3cccc(C(F)(F)F)c3)CC2=O)cc1. The van der Waals surface area contributed by atoms with Gasteiger partial charge in [0.1, 0.15) is 0 Å². The maximum absolute atomic E-state index is 12.7. The Bertz CT molecular complexity index is 972. The number of benzene rings is 2. The molecule has 0 spiro atoms. The number of amides is 2. The third-order valence-corrected chi connectivity index (χ3v) is 4.62. The highest BCUT2D eigenvalue weighted by Gasteiger charge is 2.34. The van der Waals surface area contributed by atoms with Crippen molar-refractivity contribution in [2.24, 2.45) is 5.92 Å². The summed E-state index contributed by atoms with van der Waals surface area (Å²) in [5.74, 6) is 4.35. The molecule has 2 aromatic rings. The number of rotatable bonds is 3. The lowest BCUT2D eigenvalue weighted by molar-refractivity contribution is -0.137. The van der Waals surface area contributed by atoms with Gasteiger partial charge in [-0.2, -0.15) is 13.2 Å². The highest BCUT2D eigenvalue weighted by atomic mass is 19.4. The molecule has 150 valence electrons. The van der Waals surface area contributed by atoms with Gasteiger partial charge in [0.2, 0.25) is 11.8 Å². The molecule has 0 aromatic heterocycles. The molecule has 1 aliphatic rings. The van der Waals surface area contributed by atoms with E-state index < -0.39 is 17.7 Å². The topological polar surface area (TPSA) is 49.4 Å². The molecule has 29 heavy (non-hydrogen) atoms. The van der Waals surface area contributed by atoms with Gasteiger partial charge in [0.25, 0.3) is 0 Å². The summed E-state index contributed by atoms with van der Waals surface area (Å²) in [7, 11) is 0. The van der Waals surface area contributed by atoms with Crippen LogP contribution in [0.25, 0.3) is 0 Å². The van der Waals surface area contributed by atoms with Crippen LogP contribution in [-0.2, 0) is 15.8 Å². The van der Waals surface area contributed by atoms with Crippen LogP contribution in [0.1, 0.15) is 23.1 Å². The van der Waals surface area contributed by atoms with Crippen molar-refractivity contribution in [3.05, 3.63) is 65.2 Å². The van der Waals surface area contributed by atoms with E-state index in [1.807, 2.05) is 31.2 Å². The van der Waals surface area contributed by atoms with Gasteiger partial charge in [0.15, 0.2) is 0 Å². The van der Waals surface area contributed by atoms with Crippen LogP contribution in [-0.4, -0.2) is 24.9 Å². The lowest BCUT2D eigenvalue weighted by Gasteiger charge is -2.16. The van der Waals surface area contributed by atoms with Crippen molar-refractivity contribution in [3.63, 3.8) is 0 Å². The summed E-state index contributed by atoms with van der Waals surface area (Å²) in [6, 6.07) is 12.2. The zero-order valence-electron chi connectivity index (χ0n) is 15.7. The maximum Gasteiger partial charge on any atom is 0.416 e. The van der Waals surface area contributed by atoms with Gasteiger partial charge in [-0.25, -0.2) is 0 Å². The average Bonchev–Trinajstić information content (AvgIpc) is 3.07. The van der Waals surface area contributed by atoms with Gasteiger partial charge in [-0.05, 0) is 37.3 Å². The molecule has 0 saturated carbocycles. The molecule has 1 fully saturated rings. The molecule has 1 unspecified atom stereocenters. The molecule has 0 radical (unpaired) electrons. The average molecular weight is 400 g/mol. The minimum Gasteiger partial charge on any atom is -0.345 e. The molecule has 2 amide bonds. The normalized spacial score (nSPS) is 16.3. The number of halogens is 3. The third kappa shape index (κ3) is 5.17. The molecular weight excluding hydrogens is 381 g/mol. The quantitative estimate of drug-likeness (QED) is 0.802. The molecule has 1 saturated heterocycles. The Morgan fingerprint density at radius 2 is 1.93 bits per heavy atom. The van der Waals surface area contributed by atoms with E-state index in [0.29, 0.717) is 0 Å². The Balaban J connectivity index is 1.55. The molecule has 1 N–H and O–H groups in total. The van der Waals surface area contributed by atoms with Crippen molar-refractivity contribution in [2.45, 2.75) is 19.5 Å². The lowest BCUT2D eigenvalue weighted by Crippen LogP contribution is -2.33. The fourth-order valence-corrected chi connectivity index (χ4v) is 3.05. The zero-order chi connectivity index (χ0) is 21.0. The van der Waals surface area contributed by atoms with Crippen molar-refractivity contribution in [3.8, 4) is 11.8 Å². The second-order valence-electron chi connectivity index (χ2n) is 6.84. The van der Waals surface area contributed by atoms with E-state index in [4.69, 9.17) is 0 Å². The fourth-order valence-electron chi connectivity index (χ4n) is 3.05. The molecule has 0 bridgehead atoms. The molecule has 1 heterocycles. The highest BCUT2D eigenvalue weighted by Crippen LogP contribution is 2.29. The Morgan fingerprint density at radius 1 is 1.21 bits per heavy atom. The summed E-state index contributed by atoms with van der Waals surface area (Å²) in [5, 5.41) is 2.63.